The lowest BCUT2D eigenvalue weighted by Gasteiger charge is -2.17. The molecule has 1 aliphatic rings. The molecule has 0 N–H and O–H groups in total. The minimum Gasteiger partial charge on any atom is -0.292 e. The van der Waals surface area contributed by atoms with E-state index in [4.69, 9.17) is 4.98 Å². The van der Waals surface area contributed by atoms with Gasteiger partial charge in [0, 0.05) is 10.9 Å². The summed E-state index contributed by atoms with van der Waals surface area (Å²) in [7, 11) is 0. The molecule has 2 nitrogen and oxygen atoms in total. The molecule has 0 saturated carbocycles. The molecular weight excluding hydrogens is 761 g/mol. The zero-order valence-corrected chi connectivity index (χ0v) is 36.3. The Balaban J connectivity index is 1.17. The molecule has 2 heterocycles. The molecule has 10 rings (SSSR count). The van der Waals surface area contributed by atoms with Crippen LogP contribution in [0.25, 0.3) is 67.1 Å². The van der Waals surface area contributed by atoms with Gasteiger partial charge in [-0.2, -0.15) is 0 Å². The third-order valence-electron chi connectivity index (χ3n) is 12.8. The van der Waals surface area contributed by atoms with Crippen molar-refractivity contribution < 1.29 is 0 Å². The Hall–Kier alpha value is -7.55. The van der Waals surface area contributed by atoms with Gasteiger partial charge >= 0.3 is 0 Å². The first kappa shape index (κ1) is 39.6. The predicted octanol–water partition coefficient (Wildman–Crippen LogP) is 14.1. The quantitative estimate of drug-likeness (QED) is 0.0993. The molecule has 0 fully saturated rings. The Morgan fingerprint density at radius 2 is 1.32 bits per heavy atom. The lowest BCUT2D eigenvalue weighted by atomic mass is 9.87. The van der Waals surface area contributed by atoms with E-state index >= 15 is 0 Å². The first-order valence-corrected chi connectivity index (χ1v) is 22.2. The summed E-state index contributed by atoms with van der Waals surface area (Å²) in [6.07, 6.45) is 13.5. The lowest BCUT2D eigenvalue weighted by molar-refractivity contribution is 1.22. The Labute approximate surface area is 370 Å². The van der Waals surface area contributed by atoms with Crippen molar-refractivity contribution in [1.29, 1.82) is 0 Å². The Morgan fingerprint density at radius 3 is 2.08 bits per heavy atom. The van der Waals surface area contributed by atoms with E-state index in [-0.39, 0.29) is 0 Å². The van der Waals surface area contributed by atoms with Gasteiger partial charge in [-0.1, -0.05) is 183 Å². The fourth-order valence-electron chi connectivity index (χ4n) is 9.59. The molecule has 0 unspecified atom stereocenters. The summed E-state index contributed by atoms with van der Waals surface area (Å²) in [6.45, 7) is 10.5. The number of hydrogen-bond acceptors (Lipinski definition) is 1. The molecule has 0 bridgehead atoms. The van der Waals surface area contributed by atoms with E-state index < -0.39 is 0 Å². The summed E-state index contributed by atoms with van der Waals surface area (Å²) in [5.41, 5.74) is 21.8. The van der Waals surface area contributed by atoms with Gasteiger partial charge in [0.2, 0.25) is 0 Å². The van der Waals surface area contributed by atoms with Gasteiger partial charge in [0.15, 0.2) is 0 Å². The van der Waals surface area contributed by atoms with Crippen LogP contribution in [0.15, 0.2) is 201 Å². The maximum absolute atomic E-state index is 5.17. The SMILES string of the molecule is C=CC/C=C\C(=C/C)c1ccc(C2=c3ccccc3=C(c3ccc(-c4ccccc4)cc3)Cc3ccc(/C(=C/c4c(C)c5nc6ccccc6n5c5ccccc45)CC)cc32)cc1. The van der Waals surface area contributed by atoms with Crippen LogP contribution in [0.5, 0.6) is 0 Å². The van der Waals surface area contributed by atoms with Crippen molar-refractivity contribution in [1.82, 2.24) is 9.38 Å². The number of para-hydroxylation sites is 3. The predicted molar refractivity (Wildman–Crippen MR) is 269 cm³/mol. The molecule has 2 heteroatoms. The summed E-state index contributed by atoms with van der Waals surface area (Å²) in [6, 6.07) is 62.5. The number of benzene rings is 7. The summed E-state index contributed by atoms with van der Waals surface area (Å²) in [4.78, 5) is 5.17. The van der Waals surface area contributed by atoms with Crippen LogP contribution in [0.1, 0.15) is 71.2 Å². The molecule has 0 radical (unpaired) electrons. The van der Waals surface area contributed by atoms with Gasteiger partial charge in [0.1, 0.15) is 5.65 Å². The minimum absolute atomic E-state index is 0.814. The summed E-state index contributed by atoms with van der Waals surface area (Å²) in [5, 5.41) is 3.75. The van der Waals surface area contributed by atoms with Crippen LogP contribution in [0, 0.1) is 6.92 Å². The van der Waals surface area contributed by atoms with Crippen molar-refractivity contribution in [2.75, 3.05) is 0 Å². The summed E-state index contributed by atoms with van der Waals surface area (Å²) in [5.74, 6) is 0. The van der Waals surface area contributed by atoms with Crippen molar-refractivity contribution in [2.45, 2.75) is 40.0 Å². The highest BCUT2D eigenvalue weighted by Gasteiger charge is 2.21. The van der Waals surface area contributed by atoms with Crippen LogP contribution >= 0.6 is 0 Å². The number of pyridine rings is 1. The van der Waals surface area contributed by atoms with Crippen molar-refractivity contribution in [3.63, 3.8) is 0 Å². The minimum atomic E-state index is 0.814. The summed E-state index contributed by atoms with van der Waals surface area (Å²) >= 11 is 0. The van der Waals surface area contributed by atoms with Crippen LogP contribution in [-0.2, 0) is 6.42 Å². The maximum Gasteiger partial charge on any atom is 0.141 e. The topological polar surface area (TPSA) is 17.3 Å². The molecule has 63 heavy (non-hydrogen) atoms. The second-order valence-corrected chi connectivity index (χ2v) is 16.5. The fraction of sp³-hybridized carbons (Fsp3) is 0.0984. The zero-order valence-electron chi connectivity index (χ0n) is 36.3. The number of fused-ring (bicyclic) bond motifs is 7. The summed E-state index contributed by atoms with van der Waals surface area (Å²) < 4.78 is 2.33. The van der Waals surface area contributed by atoms with Crippen molar-refractivity contribution in [3.05, 3.63) is 256 Å². The average molecular weight is 811 g/mol. The highest BCUT2D eigenvalue weighted by Crippen LogP contribution is 2.37. The number of allylic oxidation sites excluding steroid dienone is 6. The van der Waals surface area contributed by atoms with Gasteiger partial charge < -0.3 is 0 Å². The highest BCUT2D eigenvalue weighted by atomic mass is 15.0. The monoisotopic (exact) mass is 810 g/mol. The van der Waals surface area contributed by atoms with E-state index in [1.54, 1.807) is 0 Å². The standard InChI is InChI=1S/C61H50N2/c1-5-8-10-19-42(6-2)45-30-34-48(35-31-45)60-53-24-14-13-22-51(53)55(47-32-28-46(29-33-47)44-20-11-9-12-21-44)40-50-37-36-49(39-56(50)60)43(7-3)38-54-41(4)61-62-57-25-16-18-27-59(57)63(61)58-26-17-15-23-52(54)58/h5-6,9-39H,1,7-8,40H2,2-4H3/b19-10-,42-6+,43-38+. The normalized spacial score (nSPS) is 13.2. The number of rotatable bonds is 10. The van der Waals surface area contributed by atoms with Gasteiger partial charge in [-0.25, -0.2) is 4.98 Å². The van der Waals surface area contributed by atoms with Gasteiger partial charge in [-0.05, 0) is 140 Å². The number of aromatic nitrogens is 2. The molecule has 0 amide bonds. The molecule has 304 valence electrons. The van der Waals surface area contributed by atoms with Crippen LogP contribution < -0.4 is 10.4 Å². The second-order valence-electron chi connectivity index (χ2n) is 16.5. The van der Waals surface area contributed by atoms with E-state index in [0.717, 1.165) is 35.9 Å². The van der Waals surface area contributed by atoms with E-state index in [1.165, 1.54) is 99.3 Å². The van der Waals surface area contributed by atoms with Gasteiger partial charge in [-0.3, -0.25) is 4.40 Å². The van der Waals surface area contributed by atoms with Crippen molar-refractivity contribution in [2.24, 2.45) is 0 Å². The zero-order chi connectivity index (χ0) is 42.9. The number of hydrogen-bond donors (Lipinski definition) is 0. The molecule has 0 atom stereocenters. The third-order valence-corrected chi connectivity index (χ3v) is 12.8. The van der Waals surface area contributed by atoms with Crippen LogP contribution in [-0.4, -0.2) is 9.38 Å². The smallest absolute Gasteiger partial charge is 0.141 e. The fourth-order valence-corrected chi connectivity index (χ4v) is 9.59. The molecule has 0 aliphatic heterocycles. The van der Waals surface area contributed by atoms with Crippen molar-refractivity contribution >= 4 is 56.0 Å². The van der Waals surface area contributed by atoms with E-state index in [0.29, 0.717) is 0 Å². The molecule has 2 aromatic heterocycles. The third kappa shape index (κ3) is 7.28. The molecule has 9 aromatic rings. The van der Waals surface area contributed by atoms with Gasteiger partial charge in [0.05, 0.1) is 16.6 Å². The second kappa shape index (κ2) is 17.1. The van der Waals surface area contributed by atoms with E-state index in [9.17, 15) is 0 Å². The van der Waals surface area contributed by atoms with Gasteiger partial charge in [-0.15, -0.1) is 6.58 Å². The lowest BCUT2D eigenvalue weighted by Crippen LogP contribution is -2.29. The van der Waals surface area contributed by atoms with Crippen LogP contribution in [0.2, 0.25) is 0 Å². The Morgan fingerprint density at radius 1 is 0.667 bits per heavy atom. The van der Waals surface area contributed by atoms with Crippen LogP contribution in [0.4, 0.5) is 0 Å². The first-order valence-electron chi connectivity index (χ1n) is 22.2. The number of imidazole rings is 1. The number of aryl methyl sites for hydroxylation is 1. The molecule has 0 saturated heterocycles. The van der Waals surface area contributed by atoms with Crippen molar-refractivity contribution in [3.8, 4) is 11.1 Å². The molecule has 7 aromatic carbocycles. The van der Waals surface area contributed by atoms with E-state index in [2.05, 4.69) is 226 Å². The maximum atomic E-state index is 5.17. The van der Waals surface area contributed by atoms with Crippen LogP contribution in [0.3, 0.4) is 0 Å². The Bertz CT molecular complexity index is 3430. The van der Waals surface area contributed by atoms with Gasteiger partial charge in [0.25, 0.3) is 0 Å². The highest BCUT2D eigenvalue weighted by molar-refractivity contribution is 6.01. The van der Waals surface area contributed by atoms with E-state index in [1.807, 2.05) is 6.08 Å². The average Bonchev–Trinajstić information content (AvgIpc) is 3.67. The first-order chi connectivity index (χ1) is 31.0. The molecule has 1 aliphatic carbocycles. The molecular formula is C61H50N2. The number of nitrogens with zero attached hydrogens (tertiary/aromatic N) is 2. The largest absolute Gasteiger partial charge is 0.292 e. The molecule has 0 spiro atoms. The Kier molecular flexibility index (Phi) is 10.7.